The average Bonchev–Trinajstić information content (AvgIpc) is 3.82. The Morgan fingerprint density at radius 1 is 0.321 bits per heavy atom. The van der Waals surface area contributed by atoms with E-state index in [-0.39, 0.29) is 0 Å². The smallest absolute Gasteiger partial charge is 0.160 e. The molecule has 0 radical (unpaired) electrons. The van der Waals surface area contributed by atoms with Crippen LogP contribution in [0.3, 0.4) is 0 Å². The summed E-state index contributed by atoms with van der Waals surface area (Å²) in [6.45, 7) is 0. The number of aromatic nitrogens is 3. The minimum Gasteiger partial charge on any atom is -0.456 e. The molecule has 4 nitrogen and oxygen atoms in total. The van der Waals surface area contributed by atoms with E-state index in [1.807, 2.05) is 30.3 Å². The van der Waals surface area contributed by atoms with Gasteiger partial charge in [0.05, 0.1) is 22.4 Å². The lowest BCUT2D eigenvalue weighted by Crippen LogP contribution is -1.97. The van der Waals surface area contributed by atoms with Crippen LogP contribution in [0.4, 0.5) is 0 Å². The van der Waals surface area contributed by atoms with Crippen molar-refractivity contribution >= 4 is 43.7 Å². The summed E-state index contributed by atoms with van der Waals surface area (Å²) in [5.74, 6) is 0.700. The number of hydrogen-bond donors (Lipinski definition) is 0. The van der Waals surface area contributed by atoms with E-state index in [0.717, 1.165) is 66.8 Å². The van der Waals surface area contributed by atoms with Crippen molar-refractivity contribution in [2.24, 2.45) is 0 Å². The summed E-state index contributed by atoms with van der Waals surface area (Å²) in [6.07, 6.45) is 0. The number of rotatable bonds is 6. The molecule has 0 bridgehead atoms. The second-order valence-corrected chi connectivity index (χ2v) is 14.2. The van der Waals surface area contributed by atoms with Crippen molar-refractivity contribution in [2.45, 2.75) is 0 Å². The van der Waals surface area contributed by atoms with Crippen LogP contribution >= 0.6 is 0 Å². The molecule has 0 saturated carbocycles. The number of hydrogen-bond acceptors (Lipinski definition) is 3. The number of fused-ring (bicyclic) bond motifs is 6. The fourth-order valence-electron chi connectivity index (χ4n) is 8.04. The van der Waals surface area contributed by atoms with Gasteiger partial charge in [-0.3, -0.25) is 0 Å². The molecule has 0 saturated heterocycles. The maximum Gasteiger partial charge on any atom is 0.160 e. The zero-order valence-electron chi connectivity index (χ0n) is 30.3. The highest BCUT2D eigenvalue weighted by Gasteiger charge is 2.15. The van der Waals surface area contributed by atoms with Gasteiger partial charge in [0.25, 0.3) is 0 Å². The summed E-state index contributed by atoms with van der Waals surface area (Å²) in [6, 6.07) is 70.3. The van der Waals surface area contributed by atoms with Crippen molar-refractivity contribution in [1.82, 2.24) is 14.5 Å². The summed E-state index contributed by atoms with van der Waals surface area (Å²) in [7, 11) is 0. The van der Waals surface area contributed by atoms with E-state index in [9.17, 15) is 0 Å². The fourth-order valence-corrected chi connectivity index (χ4v) is 8.04. The van der Waals surface area contributed by atoms with Gasteiger partial charge in [-0.25, -0.2) is 9.97 Å². The Hall–Kier alpha value is -7.56. The van der Waals surface area contributed by atoms with Crippen LogP contribution in [0.2, 0.25) is 0 Å². The van der Waals surface area contributed by atoms with Crippen LogP contribution in [0, 0.1) is 0 Å². The van der Waals surface area contributed by atoms with Gasteiger partial charge in [-0.15, -0.1) is 0 Å². The molecule has 4 heteroatoms. The van der Waals surface area contributed by atoms with Gasteiger partial charge in [-0.2, -0.15) is 0 Å². The first-order valence-corrected chi connectivity index (χ1v) is 18.9. The van der Waals surface area contributed by atoms with Crippen molar-refractivity contribution in [1.29, 1.82) is 0 Å². The van der Waals surface area contributed by atoms with E-state index in [1.165, 1.54) is 32.9 Å². The van der Waals surface area contributed by atoms with Crippen molar-refractivity contribution in [3.8, 4) is 61.8 Å². The van der Waals surface area contributed by atoms with E-state index >= 15 is 0 Å². The first-order valence-electron chi connectivity index (χ1n) is 18.9. The fraction of sp³-hybridized carbons (Fsp3) is 0. The van der Waals surface area contributed by atoms with E-state index in [4.69, 9.17) is 14.4 Å². The van der Waals surface area contributed by atoms with Gasteiger partial charge in [0.2, 0.25) is 0 Å². The highest BCUT2D eigenvalue weighted by molar-refractivity contribution is 6.09. The Morgan fingerprint density at radius 3 is 1.41 bits per heavy atom. The zero-order chi connectivity index (χ0) is 37.0. The second-order valence-electron chi connectivity index (χ2n) is 14.2. The molecule has 0 spiro atoms. The lowest BCUT2D eigenvalue weighted by molar-refractivity contribution is 0.669. The van der Waals surface area contributed by atoms with Crippen LogP contribution in [0.25, 0.3) is 106 Å². The Labute approximate surface area is 323 Å². The molecule has 56 heavy (non-hydrogen) atoms. The summed E-state index contributed by atoms with van der Waals surface area (Å²) >= 11 is 0. The lowest BCUT2D eigenvalue weighted by Gasteiger charge is -2.12. The number of furan rings is 1. The van der Waals surface area contributed by atoms with Gasteiger partial charge >= 0.3 is 0 Å². The molecule has 11 rings (SSSR count). The van der Waals surface area contributed by atoms with Crippen LogP contribution in [0.5, 0.6) is 0 Å². The maximum atomic E-state index is 6.05. The van der Waals surface area contributed by atoms with Crippen molar-refractivity contribution in [3.05, 3.63) is 200 Å². The molecule has 0 aliphatic rings. The Morgan fingerprint density at radius 2 is 0.786 bits per heavy atom. The first kappa shape index (κ1) is 31.9. The van der Waals surface area contributed by atoms with Gasteiger partial charge in [0, 0.05) is 43.9 Å². The third-order valence-electron chi connectivity index (χ3n) is 10.9. The summed E-state index contributed by atoms with van der Waals surface area (Å²) in [5.41, 5.74) is 14.8. The van der Waals surface area contributed by atoms with Gasteiger partial charge in [-0.1, -0.05) is 152 Å². The number of para-hydroxylation sites is 3. The van der Waals surface area contributed by atoms with Crippen molar-refractivity contribution in [3.63, 3.8) is 0 Å². The van der Waals surface area contributed by atoms with Crippen LogP contribution in [0.1, 0.15) is 0 Å². The molecule has 8 aromatic carbocycles. The van der Waals surface area contributed by atoms with Gasteiger partial charge in [0.15, 0.2) is 5.82 Å². The van der Waals surface area contributed by atoms with Crippen molar-refractivity contribution < 1.29 is 4.42 Å². The molecule has 262 valence electrons. The van der Waals surface area contributed by atoms with E-state index in [1.54, 1.807) is 0 Å². The van der Waals surface area contributed by atoms with Gasteiger partial charge in [-0.05, 0) is 70.8 Å². The minimum atomic E-state index is 0.700. The Balaban J connectivity index is 0.918. The van der Waals surface area contributed by atoms with Gasteiger partial charge < -0.3 is 8.98 Å². The molecule has 0 fully saturated rings. The molecule has 0 unspecified atom stereocenters. The SMILES string of the molecule is c1ccc(-c2nc(-c3ccc(-c4ccc(-c5ccc6oc7ccccc7c6c5)cc4)cc3)cc(-c3ccc(-n4c5ccccc5c5ccccc54)cc3)n2)cc1. The van der Waals surface area contributed by atoms with Crippen molar-refractivity contribution in [2.75, 3.05) is 0 Å². The third-order valence-corrected chi connectivity index (χ3v) is 10.9. The molecule has 3 aromatic heterocycles. The second kappa shape index (κ2) is 13.1. The molecule has 0 aliphatic carbocycles. The molecule has 0 aliphatic heterocycles. The molecular formula is C52H33N3O. The number of nitrogens with zero attached hydrogens (tertiary/aromatic N) is 3. The topological polar surface area (TPSA) is 43.9 Å². The molecule has 11 aromatic rings. The van der Waals surface area contributed by atoms with Crippen LogP contribution in [-0.4, -0.2) is 14.5 Å². The molecule has 0 atom stereocenters. The third kappa shape index (κ3) is 5.47. The van der Waals surface area contributed by atoms with Crippen LogP contribution in [-0.2, 0) is 0 Å². The predicted octanol–water partition coefficient (Wildman–Crippen LogP) is 13.8. The lowest BCUT2D eigenvalue weighted by atomic mass is 9.98. The minimum absolute atomic E-state index is 0.700. The predicted molar refractivity (Wildman–Crippen MR) is 231 cm³/mol. The number of benzene rings is 8. The first-order chi connectivity index (χ1) is 27.7. The molecular weight excluding hydrogens is 683 g/mol. The average molecular weight is 716 g/mol. The maximum absolute atomic E-state index is 6.05. The Kier molecular flexibility index (Phi) is 7.46. The van der Waals surface area contributed by atoms with E-state index in [0.29, 0.717) is 5.82 Å². The highest BCUT2D eigenvalue weighted by atomic mass is 16.3. The molecule has 3 heterocycles. The molecule has 0 N–H and O–H groups in total. The molecule has 0 amide bonds. The monoisotopic (exact) mass is 715 g/mol. The largest absolute Gasteiger partial charge is 0.456 e. The summed E-state index contributed by atoms with van der Waals surface area (Å²) in [5, 5.41) is 4.78. The zero-order valence-corrected chi connectivity index (χ0v) is 30.3. The normalized spacial score (nSPS) is 11.6. The Bertz CT molecular complexity index is 3160. The van der Waals surface area contributed by atoms with Crippen LogP contribution < -0.4 is 0 Å². The van der Waals surface area contributed by atoms with Gasteiger partial charge in [0.1, 0.15) is 11.2 Å². The standard InChI is InChI=1S/C52H33N3O/c1-2-10-39(11-3-1)52-53-46(33-47(54-52)38-26-29-41(30-27-38)55-48-15-7-4-12-42(48)43-13-5-8-16-49(43)55)37-24-22-35(23-25-37)34-18-20-36(21-19-34)40-28-31-51-45(32-40)44-14-6-9-17-50(44)56-51/h1-33H. The summed E-state index contributed by atoms with van der Waals surface area (Å²) < 4.78 is 8.39. The highest BCUT2D eigenvalue weighted by Crippen LogP contribution is 2.36. The summed E-state index contributed by atoms with van der Waals surface area (Å²) in [4.78, 5) is 10.2. The van der Waals surface area contributed by atoms with E-state index < -0.39 is 0 Å². The quantitative estimate of drug-likeness (QED) is 0.172. The van der Waals surface area contributed by atoms with E-state index in [2.05, 4.69) is 174 Å². The van der Waals surface area contributed by atoms with Crippen LogP contribution in [0.15, 0.2) is 205 Å².